The molecular formula is C14H10ClNO4. The van der Waals surface area contributed by atoms with E-state index < -0.39 is 11.9 Å². The summed E-state index contributed by atoms with van der Waals surface area (Å²) in [6.07, 6.45) is 0. The summed E-state index contributed by atoms with van der Waals surface area (Å²) in [7, 11) is 0. The summed E-state index contributed by atoms with van der Waals surface area (Å²) in [5, 5.41) is 21.2. The van der Waals surface area contributed by atoms with Gasteiger partial charge in [-0.05, 0) is 36.4 Å². The van der Waals surface area contributed by atoms with Crippen LogP contribution in [-0.2, 0) is 0 Å². The fourth-order valence-electron chi connectivity index (χ4n) is 1.62. The molecule has 3 N–H and O–H groups in total. The van der Waals surface area contributed by atoms with Crippen molar-refractivity contribution in [3.63, 3.8) is 0 Å². The van der Waals surface area contributed by atoms with Gasteiger partial charge in [0.25, 0.3) is 5.91 Å². The Hall–Kier alpha value is -2.53. The third kappa shape index (κ3) is 3.07. The molecular weight excluding hydrogens is 282 g/mol. The van der Waals surface area contributed by atoms with Gasteiger partial charge >= 0.3 is 5.97 Å². The maximum atomic E-state index is 12.0. The summed E-state index contributed by atoms with van der Waals surface area (Å²) in [5.41, 5.74) is 0.335. The first-order chi connectivity index (χ1) is 9.47. The zero-order valence-corrected chi connectivity index (χ0v) is 10.9. The molecule has 0 spiro atoms. The number of hydrogen-bond donors (Lipinski definition) is 3. The van der Waals surface area contributed by atoms with Crippen LogP contribution in [0.3, 0.4) is 0 Å². The molecule has 0 aliphatic rings. The molecule has 6 heteroatoms. The summed E-state index contributed by atoms with van der Waals surface area (Å²) < 4.78 is 0. The number of anilines is 1. The van der Waals surface area contributed by atoms with Crippen LogP contribution < -0.4 is 5.32 Å². The van der Waals surface area contributed by atoms with Gasteiger partial charge in [-0.15, -0.1) is 0 Å². The lowest BCUT2D eigenvalue weighted by Crippen LogP contribution is -2.12. The van der Waals surface area contributed by atoms with E-state index >= 15 is 0 Å². The molecule has 2 rings (SSSR count). The number of carboxylic acid groups (broad SMARTS) is 1. The monoisotopic (exact) mass is 291 g/mol. The van der Waals surface area contributed by atoms with Crippen LogP contribution in [0.1, 0.15) is 20.7 Å². The highest BCUT2D eigenvalue weighted by Crippen LogP contribution is 2.22. The SMILES string of the molecule is O=C(Nc1ccc(O)c(C(=O)O)c1)c1cccc(Cl)c1. The Morgan fingerprint density at radius 3 is 2.50 bits per heavy atom. The summed E-state index contributed by atoms with van der Waals surface area (Å²) in [6, 6.07) is 10.1. The van der Waals surface area contributed by atoms with E-state index in [-0.39, 0.29) is 17.0 Å². The van der Waals surface area contributed by atoms with Gasteiger partial charge in [0.1, 0.15) is 11.3 Å². The molecule has 5 nitrogen and oxygen atoms in total. The average molecular weight is 292 g/mol. The van der Waals surface area contributed by atoms with Gasteiger partial charge in [-0.1, -0.05) is 17.7 Å². The molecule has 0 radical (unpaired) electrons. The number of phenols is 1. The number of carbonyl (C=O) groups excluding carboxylic acids is 1. The number of rotatable bonds is 3. The Morgan fingerprint density at radius 2 is 1.85 bits per heavy atom. The van der Waals surface area contributed by atoms with E-state index in [2.05, 4.69) is 5.32 Å². The zero-order chi connectivity index (χ0) is 14.7. The number of hydrogen-bond acceptors (Lipinski definition) is 3. The van der Waals surface area contributed by atoms with E-state index in [1.807, 2.05) is 0 Å². The van der Waals surface area contributed by atoms with Crippen LogP contribution >= 0.6 is 11.6 Å². The Bertz CT molecular complexity index is 685. The molecule has 0 atom stereocenters. The van der Waals surface area contributed by atoms with Crippen LogP contribution in [0.25, 0.3) is 0 Å². The fourth-order valence-corrected chi connectivity index (χ4v) is 1.81. The van der Waals surface area contributed by atoms with Crippen molar-refractivity contribution >= 4 is 29.2 Å². The molecule has 0 bridgehead atoms. The van der Waals surface area contributed by atoms with Gasteiger partial charge in [0.15, 0.2) is 0 Å². The minimum Gasteiger partial charge on any atom is -0.507 e. The maximum Gasteiger partial charge on any atom is 0.339 e. The molecule has 0 heterocycles. The summed E-state index contributed by atoms with van der Waals surface area (Å²) in [6.45, 7) is 0. The number of benzene rings is 2. The molecule has 0 aliphatic heterocycles. The summed E-state index contributed by atoms with van der Waals surface area (Å²) >= 11 is 5.79. The minimum atomic E-state index is -1.28. The number of halogens is 1. The fraction of sp³-hybridized carbons (Fsp3) is 0. The van der Waals surface area contributed by atoms with Crippen LogP contribution in [0, 0.1) is 0 Å². The second-order valence-electron chi connectivity index (χ2n) is 4.00. The quantitative estimate of drug-likeness (QED) is 0.759. The first-order valence-electron chi connectivity index (χ1n) is 5.60. The number of aromatic carboxylic acids is 1. The highest BCUT2D eigenvalue weighted by Gasteiger charge is 2.12. The molecule has 20 heavy (non-hydrogen) atoms. The molecule has 0 saturated heterocycles. The Balaban J connectivity index is 2.24. The molecule has 2 aromatic rings. The van der Waals surface area contributed by atoms with Crippen LogP contribution in [0.2, 0.25) is 5.02 Å². The molecule has 0 fully saturated rings. The van der Waals surface area contributed by atoms with E-state index in [9.17, 15) is 14.7 Å². The average Bonchev–Trinajstić information content (AvgIpc) is 2.40. The van der Waals surface area contributed by atoms with E-state index in [4.69, 9.17) is 16.7 Å². The van der Waals surface area contributed by atoms with Crippen LogP contribution in [0.4, 0.5) is 5.69 Å². The highest BCUT2D eigenvalue weighted by atomic mass is 35.5. The van der Waals surface area contributed by atoms with Gasteiger partial charge in [0.05, 0.1) is 0 Å². The van der Waals surface area contributed by atoms with Crippen LogP contribution in [0.15, 0.2) is 42.5 Å². The third-order valence-corrected chi connectivity index (χ3v) is 2.81. The lowest BCUT2D eigenvalue weighted by atomic mass is 10.1. The Morgan fingerprint density at radius 1 is 1.10 bits per heavy atom. The van der Waals surface area contributed by atoms with E-state index in [1.165, 1.54) is 24.3 Å². The second kappa shape index (κ2) is 5.63. The second-order valence-corrected chi connectivity index (χ2v) is 4.44. The number of amides is 1. The molecule has 0 saturated carbocycles. The molecule has 2 aromatic carbocycles. The number of aromatic hydroxyl groups is 1. The van der Waals surface area contributed by atoms with Crippen molar-refractivity contribution in [2.75, 3.05) is 5.32 Å². The van der Waals surface area contributed by atoms with E-state index in [1.54, 1.807) is 18.2 Å². The maximum absolute atomic E-state index is 12.0. The Labute approximate surface area is 119 Å². The first kappa shape index (κ1) is 13.9. The van der Waals surface area contributed by atoms with Gasteiger partial charge < -0.3 is 15.5 Å². The van der Waals surface area contributed by atoms with Crippen LogP contribution in [0.5, 0.6) is 5.75 Å². The highest BCUT2D eigenvalue weighted by molar-refractivity contribution is 6.31. The predicted octanol–water partition coefficient (Wildman–Crippen LogP) is 3.00. The molecule has 102 valence electrons. The smallest absolute Gasteiger partial charge is 0.339 e. The summed E-state index contributed by atoms with van der Waals surface area (Å²) in [5.74, 6) is -2.06. The first-order valence-corrected chi connectivity index (χ1v) is 5.98. The van der Waals surface area contributed by atoms with Gasteiger partial charge in [-0.2, -0.15) is 0 Å². The molecule has 0 aromatic heterocycles. The molecule has 0 aliphatic carbocycles. The summed E-state index contributed by atoms with van der Waals surface area (Å²) in [4.78, 5) is 22.8. The van der Waals surface area contributed by atoms with Gasteiger partial charge in [0.2, 0.25) is 0 Å². The largest absolute Gasteiger partial charge is 0.507 e. The van der Waals surface area contributed by atoms with Crippen molar-refractivity contribution in [3.8, 4) is 5.75 Å². The number of carbonyl (C=O) groups is 2. The Kier molecular flexibility index (Phi) is 3.91. The lowest BCUT2D eigenvalue weighted by Gasteiger charge is -2.07. The van der Waals surface area contributed by atoms with Crippen molar-refractivity contribution in [1.29, 1.82) is 0 Å². The number of carboxylic acids is 1. The minimum absolute atomic E-state index is 0.269. The van der Waals surface area contributed by atoms with E-state index in [0.717, 1.165) is 0 Å². The van der Waals surface area contributed by atoms with Crippen molar-refractivity contribution in [2.24, 2.45) is 0 Å². The standard InChI is InChI=1S/C14H10ClNO4/c15-9-3-1-2-8(6-9)13(18)16-10-4-5-12(17)11(7-10)14(19)20/h1-7,17H,(H,16,18)(H,19,20). The molecule has 0 unspecified atom stereocenters. The van der Waals surface area contributed by atoms with Gasteiger partial charge in [0, 0.05) is 16.3 Å². The normalized spacial score (nSPS) is 10.1. The topological polar surface area (TPSA) is 86.6 Å². The van der Waals surface area contributed by atoms with Crippen molar-refractivity contribution in [3.05, 3.63) is 58.6 Å². The lowest BCUT2D eigenvalue weighted by molar-refractivity contribution is 0.0693. The van der Waals surface area contributed by atoms with Crippen molar-refractivity contribution < 1.29 is 19.8 Å². The van der Waals surface area contributed by atoms with Crippen molar-refractivity contribution in [1.82, 2.24) is 0 Å². The third-order valence-electron chi connectivity index (χ3n) is 2.57. The number of nitrogens with one attached hydrogen (secondary N) is 1. The zero-order valence-electron chi connectivity index (χ0n) is 10.1. The van der Waals surface area contributed by atoms with Crippen LogP contribution in [-0.4, -0.2) is 22.1 Å². The predicted molar refractivity (Wildman–Crippen MR) is 74.5 cm³/mol. The molecule has 1 amide bonds. The van der Waals surface area contributed by atoms with Crippen molar-refractivity contribution in [2.45, 2.75) is 0 Å². The van der Waals surface area contributed by atoms with E-state index in [0.29, 0.717) is 10.6 Å². The van der Waals surface area contributed by atoms with Gasteiger partial charge in [-0.3, -0.25) is 4.79 Å². The van der Waals surface area contributed by atoms with Gasteiger partial charge in [-0.25, -0.2) is 4.79 Å².